The normalized spacial score (nSPS) is 20.7. The van der Waals surface area contributed by atoms with E-state index in [2.05, 4.69) is 17.0 Å². The molecule has 1 aromatic carbocycles. The van der Waals surface area contributed by atoms with Crippen molar-refractivity contribution in [2.75, 3.05) is 24.7 Å². The predicted molar refractivity (Wildman–Crippen MR) is 88.0 cm³/mol. The third kappa shape index (κ3) is 3.64. The fraction of sp³-hybridized carbons (Fsp3) is 0.500. The largest absolute Gasteiger partial charge is 0.465 e. The number of nitro groups is 1. The first kappa shape index (κ1) is 16.9. The molecule has 1 saturated heterocycles. The standard InChI is InChI=1S/C14H17ClN2O4S/c1-14(4-3-5-22-14)8-16-11-7-10(15)9(13(18)21-2)6-12(11)17(19)20/h6-7,16H,3-5,8H2,1-2H3. The summed E-state index contributed by atoms with van der Waals surface area (Å²) in [5, 5.41) is 14.5. The molecule has 1 N–H and O–H groups in total. The Morgan fingerprint density at radius 3 is 2.86 bits per heavy atom. The molecule has 1 aromatic rings. The molecule has 1 heterocycles. The van der Waals surface area contributed by atoms with Crippen molar-refractivity contribution < 1.29 is 14.5 Å². The molecule has 1 aliphatic rings. The Bertz CT molecular complexity index is 603. The number of hydrogen-bond acceptors (Lipinski definition) is 6. The van der Waals surface area contributed by atoms with Gasteiger partial charge >= 0.3 is 5.97 Å². The van der Waals surface area contributed by atoms with Crippen molar-refractivity contribution in [1.82, 2.24) is 0 Å². The quantitative estimate of drug-likeness (QED) is 0.498. The summed E-state index contributed by atoms with van der Waals surface area (Å²) in [7, 11) is 1.20. The fourth-order valence-electron chi connectivity index (χ4n) is 2.38. The van der Waals surface area contributed by atoms with Crippen LogP contribution in [0.3, 0.4) is 0 Å². The van der Waals surface area contributed by atoms with Crippen molar-refractivity contribution in [2.45, 2.75) is 24.5 Å². The number of anilines is 1. The Hall–Kier alpha value is -1.47. The summed E-state index contributed by atoms with van der Waals surface area (Å²) in [6.07, 6.45) is 2.21. The molecule has 8 heteroatoms. The van der Waals surface area contributed by atoms with Crippen LogP contribution in [0.5, 0.6) is 0 Å². The van der Waals surface area contributed by atoms with Gasteiger partial charge in [-0.1, -0.05) is 11.6 Å². The van der Waals surface area contributed by atoms with Gasteiger partial charge in [-0.25, -0.2) is 4.79 Å². The van der Waals surface area contributed by atoms with Gasteiger partial charge in [0, 0.05) is 17.4 Å². The van der Waals surface area contributed by atoms with Gasteiger partial charge in [0.1, 0.15) is 5.69 Å². The Morgan fingerprint density at radius 2 is 2.32 bits per heavy atom. The molecule has 0 saturated carbocycles. The van der Waals surface area contributed by atoms with Gasteiger partial charge in [0.15, 0.2) is 0 Å². The molecule has 2 rings (SSSR count). The molecule has 1 unspecified atom stereocenters. The van der Waals surface area contributed by atoms with E-state index in [4.69, 9.17) is 11.6 Å². The van der Waals surface area contributed by atoms with Crippen LogP contribution in [-0.4, -0.2) is 35.0 Å². The van der Waals surface area contributed by atoms with Gasteiger partial charge < -0.3 is 10.1 Å². The van der Waals surface area contributed by atoms with E-state index < -0.39 is 10.9 Å². The molecule has 0 bridgehead atoms. The number of esters is 1. The lowest BCUT2D eigenvalue weighted by atomic mass is 10.1. The molecular formula is C14H17ClN2O4S. The minimum absolute atomic E-state index is 0.0112. The summed E-state index contributed by atoms with van der Waals surface area (Å²) in [4.78, 5) is 22.3. The summed E-state index contributed by atoms with van der Waals surface area (Å²) >= 11 is 7.90. The van der Waals surface area contributed by atoms with E-state index in [1.54, 1.807) is 0 Å². The van der Waals surface area contributed by atoms with Crippen LogP contribution in [0, 0.1) is 10.1 Å². The second-order valence-electron chi connectivity index (χ2n) is 5.35. The van der Waals surface area contributed by atoms with Gasteiger partial charge in [-0.3, -0.25) is 10.1 Å². The summed E-state index contributed by atoms with van der Waals surface area (Å²) in [5.41, 5.74) is 0.121. The van der Waals surface area contributed by atoms with E-state index >= 15 is 0 Å². The predicted octanol–water partition coefficient (Wildman–Crippen LogP) is 3.73. The number of nitrogens with one attached hydrogen (secondary N) is 1. The first-order valence-electron chi connectivity index (χ1n) is 6.80. The second kappa shape index (κ2) is 6.75. The van der Waals surface area contributed by atoms with Crippen molar-refractivity contribution in [2.24, 2.45) is 0 Å². The van der Waals surface area contributed by atoms with Crippen molar-refractivity contribution in [3.8, 4) is 0 Å². The monoisotopic (exact) mass is 344 g/mol. The third-order valence-electron chi connectivity index (χ3n) is 3.64. The highest BCUT2D eigenvalue weighted by molar-refractivity contribution is 8.00. The van der Waals surface area contributed by atoms with Crippen LogP contribution in [0.15, 0.2) is 12.1 Å². The highest BCUT2D eigenvalue weighted by atomic mass is 35.5. The Balaban J connectivity index is 2.28. The van der Waals surface area contributed by atoms with E-state index in [1.807, 2.05) is 11.8 Å². The molecule has 0 aliphatic carbocycles. The summed E-state index contributed by atoms with van der Waals surface area (Å²) in [6, 6.07) is 2.57. The minimum Gasteiger partial charge on any atom is -0.465 e. The molecule has 22 heavy (non-hydrogen) atoms. The molecule has 0 amide bonds. The van der Waals surface area contributed by atoms with Crippen LogP contribution in [0.2, 0.25) is 5.02 Å². The van der Waals surface area contributed by atoms with E-state index in [0.717, 1.165) is 24.7 Å². The highest BCUT2D eigenvalue weighted by Crippen LogP contribution is 2.39. The lowest BCUT2D eigenvalue weighted by Gasteiger charge is -2.23. The lowest BCUT2D eigenvalue weighted by molar-refractivity contribution is -0.384. The topological polar surface area (TPSA) is 81.5 Å². The number of nitro benzene ring substituents is 1. The molecule has 0 spiro atoms. The van der Waals surface area contributed by atoms with Crippen LogP contribution >= 0.6 is 23.4 Å². The maximum Gasteiger partial charge on any atom is 0.339 e. The van der Waals surface area contributed by atoms with Crippen LogP contribution in [0.1, 0.15) is 30.1 Å². The SMILES string of the molecule is COC(=O)c1cc([N+](=O)[O-])c(NCC2(C)CCCS2)cc1Cl. The molecule has 1 aliphatic heterocycles. The number of halogens is 1. The number of ether oxygens (including phenoxy) is 1. The zero-order valence-corrected chi connectivity index (χ0v) is 13.9. The maximum atomic E-state index is 11.6. The lowest BCUT2D eigenvalue weighted by Crippen LogP contribution is -2.27. The van der Waals surface area contributed by atoms with Gasteiger partial charge in [-0.15, -0.1) is 0 Å². The summed E-state index contributed by atoms with van der Waals surface area (Å²) in [6.45, 7) is 2.74. The van der Waals surface area contributed by atoms with Crippen LogP contribution in [0.4, 0.5) is 11.4 Å². The zero-order valence-electron chi connectivity index (χ0n) is 12.3. The van der Waals surface area contributed by atoms with Gasteiger partial charge in [0.05, 0.1) is 22.6 Å². The van der Waals surface area contributed by atoms with Crippen molar-refractivity contribution in [3.05, 3.63) is 32.8 Å². The number of nitrogens with zero attached hydrogens (tertiary/aromatic N) is 1. The van der Waals surface area contributed by atoms with E-state index in [9.17, 15) is 14.9 Å². The summed E-state index contributed by atoms with van der Waals surface area (Å²) in [5.74, 6) is 0.403. The maximum absolute atomic E-state index is 11.6. The molecule has 1 fully saturated rings. The van der Waals surface area contributed by atoms with E-state index in [0.29, 0.717) is 12.2 Å². The molecule has 0 radical (unpaired) electrons. The van der Waals surface area contributed by atoms with Crippen LogP contribution < -0.4 is 5.32 Å². The smallest absolute Gasteiger partial charge is 0.339 e. The Morgan fingerprint density at radius 1 is 1.59 bits per heavy atom. The van der Waals surface area contributed by atoms with Crippen molar-refractivity contribution in [3.63, 3.8) is 0 Å². The number of rotatable bonds is 5. The second-order valence-corrected chi connectivity index (χ2v) is 7.44. The zero-order chi connectivity index (χ0) is 16.3. The average molecular weight is 345 g/mol. The molecule has 0 aromatic heterocycles. The van der Waals surface area contributed by atoms with E-state index in [-0.39, 0.29) is 21.0 Å². The average Bonchev–Trinajstić information content (AvgIpc) is 2.91. The van der Waals surface area contributed by atoms with Gasteiger partial charge in [-0.05, 0) is 31.6 Å². The number of methoxy groups -OCH3 is 1. The Labute approximate surface area is 137 Å². The summed E-state index contributed by atoms with van der Waals surface area (Å²) < 4.78 is 4.64. The number of hydrogen-bond donors (Lipinski definition) is 1. The van der Waals surface area contributed by atoms with Gasteiger partial charge in [0.2, 0.25) is 0 Å². The van der Waals surface area contributed by atoms with Crippen LogP contribution in [-0.2, 0) is 4.74 Å². The van der Waals surface area contributed by atoms with Gasteiger partial charge in [0.25, 0.3) is 5.69 Å². The fourth-order valence-corrected chi connectivity index (χ4v) is 3.86. The highest BCUT2D eigenvalue weighted by Gasteiger charge is 2.30. The number of carbonyl (C=O) groups excluding carboxylic acids is 1. The van der Waals surface area contributed by atoms with Crippen molar-refractivity contribution >= 4 is 40.7 Å². The van der Waals surface area contributed by atoms with Crippen molar-refractivity contribution in [1.29, 1.82) is 0 Å². The van der Waals surface area contributed by atoms with Crippen LogP contribution in [0.25, 0.3) is 0 Å². The molecular weight excluding hydrogens is 328 g/mol. The first-order valence-corrected chi connectivity index (χ1v) is 8.17. The Kier molecular flexibility index (Phi) is 5.18. The number of thioether (sulfide) groups is 1. The molecule has 6 nitrogen and oxygen atoms in total. The van der Waals surface area contributed by atoms with Gasteiger partial charge in [-0.2, -0.15) is 11.8 Å². The number of carbonyl (C=O) groups is 1. The van der Waals surface area contributed by atoms with E-state index in [1.165, 1.54) is 13.2 Å². The number of benzene rings is 1. The molecule has 1 atom stereocenters. The molecule has 120 valence electrons. The minimum atomic E-state index is -0.696. The first-order chi connectivity index (χ1) is 10.4. The third-order valence-corrected chi connectivity index (χ3v) is 5.49.